The molecular formula is C10H17NO. The zero-order valence-corrected chi connectivity index (χ0v) is 7.37. The fourth-order valence-corrected chi connectivity index (χ4v) is 2.31. The van der Waals surface area contributed by atoms with Gasteiger partial charge in [-0.25, -0.2) is 0 Å². The molecule has 0 bridgehead atoms. The van der Waals surface area contributed by atoms with E-state index in [-0.39, 0.29) is 12.1 Å². The molecule has 0 radical (unpaired) electrons. The second kappa shape index (κ2) is 3.58. The van der Waals surface area contributed by atoms with E-state index in [2.05, 4.69) is 17.5 Å². The quantitative estimate of drug-likeness (QED) is 0.603. The molecule has 0 aromatic heterocycles. The molecule has 0 spiro atoms. The summed E-state index contributed by atoms with van der Waals surface area (Å²) in [4.78, 5) is 0. The lowest BCUT2D eigenvalue weighted by Crippen LogP contribution is -2.39. The zero-order chi connectivity index (χ0) is 8.39. The minimum Gasteiger partial charge on any atom is -0.391 e. The Morgan fingerprint density at radius 3 is 2.67 bits per heavy atom. The Labute approximate surface area is 73.7 Å². The van der Waals surface area contributed by atoms with Crippen LogP contribution in [0.3, 0.4) is 0 Å². The molecule has 2 aliphatic rings. The van der Waals surface area contributed by atoms with E-state index < -0.39 is 0 Å². The van der Waals surface area contributed by atoms with Crippen LogP contribution in [0.15, 0.2) is 12.2 Å². The molecule has 2 rings (SSSR count). The van der Waals surface area contributed by atoms with Gasteiger partial charge in [-0.1, -0.05) is 25.0 Å². The fourth-order valence-electron chi connectivity index (χ4n) is 2.31. The lowest BCUT2D eigenvalue weighted by atomic mass is 9.95. The van der Waals surface area contributed by atoms with Crippen molar-refractivity contribution in [3.63, 3.8) is 0 Å². The van der Waals surface area contributed by atoms with E-state index in [0.717, 1.165) is 6.54 Å². The van der Waals surface area contributed by atoms with Crippen LogP contribution in [0.4, 0.5) is 0 Å². The molecule has 12 heavy (non-hydrogen) atoms. The highest BCUT2D eigenvalue weighted by Gasteiger charge is 2.29. The van der Waals surface area contributed by atoms with Crippen molar-refractivity contribution < 1.29 is 5.11 Å². The van der Waals surface area contributed by atoms with Gasteiger partial charge in [-0.2, -0.15) is 0 Å². The van der Waals surface area contributed by atoms with E-state index in [1.807, 2.05) is 0 Å². The van der Waals surface area contributed by atoms with Gasteiger partial charge < -0.3 is 10.4 Å². The highest BCUT2D eigenvalue weighted by atomic mass is 16.3. The third-order valence-corrected chi connectivity index (χ3v) is 3.07. The molecule has 1 heterocycles. The highest BCUT2D eigenvalue weighted by Crippen LogP contribution is 2.29. The summed E-state index contributed by atoms with van der Waals surface area (Å²) in [6, 6.07) is 0.230. The topological polar surface area (TPSA) is 32.3 Å². The number of hydrogen-bond acceptors (Lipinski definition) is 2. The highest BCUT2D eigenvalue weighted by molar-refractivity contribution is 5.06. The van der Waals surface area contributed by atoms with E-state index >= 15 is 0 Å². The summed E-state index contributed by atoms with van der Waals surface area (Å²) in [6.45, 7) is 0.925. The van der Waals surface area contributed by atoms with Crippen LogP contribution in [0.25, 0.3) is 0 Å². The minimum atomic E-state index is -0.147. The van der Waals surface area contributed by atoms with E-state index in [9.17, 15) is 5.11 Å². The van der Waals surface area contributed by atoms with Crippen molar-refractivity contribution in [2.24, 2.45) is 5.92 Å². The van der Waals surface area contributed by atoms with Gasteiger partial charge in [-0.15, -0.1) is 0 Å². The van der Waals surface area contributed by atoms with Gasteiger partial charge in [0.25, 0.3) is 0 Å². The summed E-state index contributed by atoms with van der Waals surface area (Å²) in [7, 11) is 0. The van der Waals surface area contributed by atoms with E-state index in [1.54, 1.807) is 0 Å². The molecule has 0 aromatic carbocycles. The second-order valence-corrected chi connectivity index (χ2v) is 3.90. The molecule has 0 saturated heterocycles. The summed E-state index contributed by atoms with van der Waals surface area (Å²) in [5.74, 6) is 0.547. The predicted molar refractivity (Wildman–Crippen MR) is 48.9 cm³/mol. The first-order valence-corrected chi connectivity index (χ1v) is 4.96. The van der Waals surface area contributed by atoms with Crippen LogP contribution >= 0.6 is 0 Å². The minimum absolute atomic E-state index is 0.147. The maximum Gasteiger partial charge on any atom is 0.0757 e. The molecule has 0 aromatic rings. The Morgan fingerprint density at radius 1 is 1.33 bits per heavy atom. The van der Waals surface area contributed by atoms with Gasteiger partial charge in [-0.05, 0) is 18.8 Å². The van der Waals surface area contributed by atoms with Crippen molar-refractivity contribution in [2.45, 2.75) is 37.8 Å². The smallest absolute Gasteiger partial charge is 0.0757 e. The number of aliphatic hydroxyl groups excluding tert-OH is 1. The first kappa shape index (κ1) is 8.27. The third-order valence-electron chi connectivity index (χ3n) is 3.07. The number of aliphatic hydroxyl groups is 1. The Morgan fingerprint density at radius 2 is 2.08 bits per heavy atom. The van der Waals surface area contributed by atoms with Gasteiger partial charge in [0, 0.05) is 6.54 Å². The van der Waals surface area contributed by atoms with Gasteiger partial charge in [0.2, 0.25) is 0 Å². The van der Waals surface area contributed by atoms with E-state index in [0.29, 0.717) is 5.92 Å². The van der Waals surface area contributed by atoms with Crippen LogP contribution < -0.4 is 5.32 Å². The lowest BCUT2D eigenvalue weighted by Gasteiger charge is -2.23. The maximum absolute atomic E-state index is 9.93. The molecule has 2 nitrogen and oxygen atoms in total. The van der Waals surface area contributed by atoms with Crippen LogP contribution in [0, 0.1) is 5.92 Å². The predicted octanol–water partition coefficient (Wildman–Crippen LogP) is 1.07. The third kappa shape index (κ3) is 1.54. The Kier molecular flexibility index (Phi) is 2.47. The number of nitrogens with one attached hydrogen (secondary N) is 1. The second-order valence-electron chi connectivity index (χ2n) is 3.90. The summed E-state index contributed by atoms with van der Waals surface area (Å²) in [6.07, 6.45) is 9.09. The monoisotopic (exact) mass is 167 g/mol. The average molecular weight is 167 g/mol. The van der Waals surface area contributed by atoms with Crippen molar-refractivity contribution in [1.29, 1.82) is 0 Å². The summed E-state index contributed by atoms with van der Waals surface area (Å²) in [5.41, 5.74) is 0. The molecule has 2 atom stereocenters. The number of rotatable bonds is 2. The van der Waals surface area contributed by atoms with Crippen molar-refractivity contribution in [3.8, 4) is 0 Å². The molecule has 1 saturated carbocycles. The van der Waals surface area contributed by atoms with E-state index in [4.69, 9.17) is 0 Å². The van der Waals surface area contributed by atoms with Crippen LogP contribution in [-0.4, -0.2) is 23.8 Å². The lowest BCUT2D eigenvalue weighted by molar-refractivity contribution is 0.0900. The van der Waals surface area contributed by atoms with Crippen molar-refractivity contribution >= 4 is 0 Å². The van der Waals surface area contributed by atoms with Crippen molar-refractivity contribution in [1.82, 2.24) is 5.32 Å². The average Bonchev–Trinajstić information content (AvgIpc) is 2.77. The maximum atomic E-state index is 9.93. The molecule has 2 unspecified atom stereocenters. The van der Waals surface area contributed by atoms with Gasteiger partial charge >= 0.3 is 0 Å². The van der Waals surface area contributed by atoms with E-state index in [1.165, 1.54) is 25.7 Å². The molecular weight excluding hydrogens is 150 g/mol. The Balaban J connectivity index is 1.89. The Hall–Kier alpha value is -0.340. The zero-order valence-electron chi connectivity index (χ0n) is 7.37. The standard InChI is InChI=1S/C10H17NO/c12-10(8-4-1-2-5-8)9-6-3-7-11-9/h3,6,8-12H,1-2,4-5,7H2. The normalized spacial score (nSPS) is 32.9. The fraction of sp³-hybridized carbons (Fsp3) is 0.800. The first-order chi connectivity index (χ1) is 5.88. The molecule has 68 valence electrons. The number of hydrogen-bond donors (Lipinski definition) is 2. The van der Waals surface area contributed by atoms with Crippen LogP contribution in [0.1, 0.15) is 25.7 Å². The summed E-state index contributed by atoms with van der Waals surface area (Å²) < 4.78 is 0. The van der Waals surface area contributed by atoms with Gasteiger partial charge in [0.15, 0.2) is 0 Å². The molecule has 2 N–H and O–H groups in total. The Bertz CT molecular complexity index is 173. The van der Waals surface area contributed by atoms with Gasteiger partial charge in [0.05, 0.1) is 12.1 Å². The SMILES string of the molecule is OC(C1CCCC1)C1C=CCN1. The van der Waals surface area contributed by atoms with Crippen molar-refractivity contribution in [3.05, 3.63) is 12.2 Å². The van der Waals surface area contributed by atoms with Gasteiger partial charge in [0.1, 0.15) is 0 Å². The molecule has 1 fully saturated rings. The molecule has 0 amide bonds. The van der Waals surface area contributed by atoms with Crippen LogP contribution in [0.2, 0.25) is 0 Å². The summed E-state index contributed by atoms with van der Waals surface area (Å²) in [5, 5.41) is 13.2. The molecule has 1 aliphatic heterocycles. The van der Waals surface area contributed by atoms with Crippen LogP contribution in [0.5, 0.6) is 0 Å². The van der Waals surface area contributed by atoms with Crippen LogP contribution in [-0.2, 0) is 0 Å². The summed E-state index contributed by atoms with van der Waals surface area (Å²) >= 11 is 0. The first-order valence-electron chi connectivity index (χ1n) is 4.96. The van der Waals surface area contributed by atoms with Gasteiger partial charge in [-0.3, -0.25) is 0 Å². The molecule has 1 aliphatic carbocycles. The largest absolute Gasteiger partial charge is 0.391 e. The molecule has 2 heteroatoms. The van der Waals surface area contributed by atoms with Crippen molar-refractivity contribution in [2.75, 3.05) is 6.54 Å².